The number of aromatic amines is 1. The van der Waals surface area contributed by atoms with E-state index < -0.39 is 0 Å². The lowest BCUT2D eigenvalue weighted by Crippen LogP contribution is -2.28. The van der Waals surface area contributed by atoms with Crippen LogP contribution in [0.4, 0.5) is 0 Å². The minimum absolute atomic E-state index is 0.0135. The maximum atomic E-state index is 11.9. The molecule has 24 heavy (non-hydrogen) atoms. The van der Waals surface area contributed by atoms with Crippen LogP contribution in [0.5, 0.6) is 0 Å². The molecule has 3 rings (SSSR count). The summed E-state index contributed by atoms with van der Waals surface area (Å²) in [5.41, 5.74) is 1.54. The molecular weight excluding hydrogens is 306 g/mol. The Bertz CT molecular complexity index is 804. The topological polar surface area (TPSA) is 86.9 Å². The number of nitrogens with zero attached hydrogens (tertiary/aromatic N) is 4. The van der Waals surface area contributed by atoms with Crippen LogP contribution in [0.2, 0.25) is 0 Å². The van der Waals surface area contributed by atoms with Crippen molar-refractivity contribution in [2.75, 3.05) is 13.7 Å². The number of methoxy groups -OCH3 is 1. The summed E-state index contributed by atoms with van der Waals surface area (Å²) >= 11 is 0. The molecule has 1 aromatic carbocycles. The van der Waals surface area contributed by atoms with Crippen molar-refractivity contribution in [2.45, 2.75) is 38.6 Å². The fourth-order valence-corrected chi connectivity index (χ4v) is 3.34. The Morgan fingerprint density at radius 2 is 2.33 bits per heavy atom. The number of H-pyrrole nitrogens is 1. The minimum Gasteiger partial charge on any atom is -0.380 e. The Balaban J connectivity index is 1.89. The predicted octanol–water partition coefficient (Wildman–Crippen LogP) is 1.42. The molecule has 2 atom stereocenters. The molecule has 1 aliphatic rings. The summed E-state index contributed by atoms with van der Waals surface area (Å²) < 4.78 is 7.20. The molecule has 7 nitrogen and oxygen atoms in total. The van der Waals surface area contributed by atoms with E-state index >= 15 is 0 Å². The molecular formula is C17H21N5O2. The molecule has 1 N–H and O–H groups in total. The molecule has 1 fully saturated rings. The van der Waals surface area contributed by atoms with Crippen LogP contribution in [0.15, 0.2) is 29.1 Å². The average Bonchev–Trinajstić information content (AvgIpc) is 3.17. The van der Waals surface area contributed by atoms with Crippen LogP contribution in [-0.4, -0.2) is 39.4 Å². The number of nitriles is 1. The molecule has 2 aromatic rings. The van der Waals surface area contributed by atoms with Gasteiger partial charge in [-0.15, -0.1) is 0 Å². The van der Waals surface area contributed by atoms with Gasteiger partial charge in [0.15, 0.2) is 5.82 Å². The summed E-state index contributed by atoms with van der Waals surface area (Å²) in [5.74, 6) is 0.749. The summed E-state index contributed by atoms with van der Waals surface area (Å²) in [6.45, 7) is 3.97. The van der Waals surface area contributed by atoms with Crippen LogP contribution in [0.1, 0.15) is 36.3 Å². The molecule has 126 valence electrons. The smallest absolute Gasteiger partial charge is 0.343 e. The first-order valence-electron chi connectivity index (χ1n) is 8.07. The van der Waals surface area contributed by atoms with Crippen molar-refractivity contribution < 1.29 is 4.74 Å². The number of hydrogen-bond acceptors (Lipinski definition) is 5. The van der Waals surface area contributed by atoms with Crippen molar-refractivity contribution in [3.8, 4) is 6.07 Å². The third kappa shape index (κ3) is 3.11. The van der Waals surface area contributed by atoms with Crippen LogP contribution in [0.3, 0.4) is 0 Å². The van der Waals surface area contributed by atoms with E-state index in [4.69, 9.17) is 10.00 Å². The zero-order valence-electron chi connectivity index (χ0n) is 13.9. The van der Waals surface area contributed by atoms with Crippen LogP contribution in [-0.2, 0) is 17.8 Å². The van der Waals surface area contributed by atoms with Gasteiger partial charge in [0.1, 0.15) is 0 Å². The second kappa shape index (κ2) is 6.99. The lowest BCUT2D eigenvalue weighted by atomic mass is 10.1. The fraction of sp³-hybridized carbons (Fsp3) is 0.471. The van der Waals surface area contributed by atoms with E-state index in [9.17, 15) is 4.79 Å². The number of ether oxygens (including phenoxy) is 1. The molecule has 0 radical (unpaired) electrons. The Kier molecular flexibility index (Phi) is 4.79. The molecule has 7 heteroatoms. The molecule has 1 aromatic heterocycles. The van der Waals surface area contributed by atoms with Gasteiger partial charge in [-0.05, 0) is 31.0 Å². The molecule has 1 aliphatic heterocycles. The second-order valence-electron chi connectivity index (χ2n) is 5.98. The van der Waals surface area contributed by atoms with E-state index in [1.807, 2.05) is 25.1 Å². The van der Waals surface area contributed by atoms with Crippen LogP contribution >= 0.6 is 0 Å². The summed E-state index contributed by atoms with van der Waals surface area (Å²) in [7, 11) is 1.71. The van der Waals surface area contributed by atoms with Crippen molar-refractivity contribution in [1.29, 1.82) is 5.26 Å². The number of aromatic nitrogens is 3. The third-order valence-electron chi connectivity index (χ3n) is 4.54. The zero-order valence-corrected chi connectivity index (χ0v) is 13.9. The molecule has 0 saturated carbocycles. The van der Waals surface area contributed by atoms with E-state index in [0.29, 0.717) is 18.7 Å². The Morgan fingerprint density at radius 3 is 3.04 bits per heavy atom. The van der Waals surface area contributed by atoms with Crippen molar-refractivity contribution in [3.63, 3.8) is 0 Å². The predicted molar refractivity (Wildman–Crippen MR) is 88.2 cm³/mol. The largest absolute Gasteiger partial charge is 0.380 e. The van der Waals surface area contributed by atoms with Gasteiger partial charge in [0.05, 0.1) is 23.8 Å². The van der Waals surface area contributed by atoms with E-state index in [0.717, 1.165) is 24.4 Å². The summed E-state index contributed by atoms with van der Waals surface area (Å²) in [6, 6.07) is 9.78. The fourth-order valence-electron chi connectivity index (χ4n) is 3.34. The van der Waals surface area contributed by atoms with E-state index in [1.165, 1.54) is 0 Å². The SMILES string of the molecule is CCn1c([C@@H]2C[C@H](OC)CN2Cc2cccc(C#N)c2)n[nH]c1=O. The van der Waals surface area contributed by atoms with Gasteiger partial charge in [-0.2, -0.15) is 10.4 Å². The lowest BCUT2D eigenvalue weighted by molar-refractivity contribution is 0.107. The van der Waals surface area contributed by atoms with Crippen molar-refractivity contribution in [2.24, 2.45) is 0 Å². The van der Waals surface area contributed by atoms with Gasteiger partial charge >= 0.3 is 5.69 Å². The maximum absolute atomic E-state index is 11.9. The van der Waals surface area contributed by atoms with Gasteiger partial charge in [0, 0.05) is 26.7 Å². The van der Waals surface area contributed by atoms with Gasteiger partial charge < -0.3 is 4.74 Å². The Hall–Kier alpha value is -2.43. The molecule has 0 amide bonds. The molecule has 0 spiro atoms. The van der Waals surface area contributed by atoms with Crippen LogP contribution < -0.4 is 5.69 Å². The van der Waals surface area contributed by atoms with Gasteiger partial charge in [-0.3, -0.25) is 9.47 Å². The molecule has 0 unspecified atom stereocenters. The van der Waals surface area contributed by atoms with E-state index in [2.05, 4.69) is 21.2 Å². The summed E-state index contributed by atoms with van der Waals surface area (Å²) in [6.07, 6.45) is 0.893. The number of hydrogen-bond donors (Lipinski definition) is 1. The quantitative estimate of drug-likeness (QED) is 0.897. The summed E-state index contributed by atoms with van der Waals surface area (Å²) in [4.78, 5) is 14.1. The van der Waals surface area contributed by atoms with Crippen molar-refractivity contribution in [3.05, 3.63) is 51.7 Å². The van der Waals surface area contributed by atoms with Gasteiger partial charge in [-0.1, -0.05) is 12.1 Å². The van der Waals surface area contributed by atoms with Crippen LogP contribution in [0.25, 0.3) is 0 Å². The van der Waals surface area contributed by atoms with Crippen molar-refractivity contribution in [1.82, 2.24) is 19.7 Å². The van der Waals surface area contributed by atoms with Gasteiger partial charge in [-0.25, -0.2) is 9.89 Å². The minimum atomic E-state index is -0.181. The average molecular weight is 327 g/mol. The van der Waals surface area contributed by atoms with Gasteiger partial charge in [0.25, 0.3) is 0 Å². The standard InChI is InChI=1S/C17H21N5O2/c1-3-22-16(19-20-17(22)23)15-8-14(24-2)11-21(15)10-13-6-4-5-12(7-13)9-18/h4-7,14-15H,3,8,10-11H2,1-2H3,(H,20,23)/t14-,15-/m0/s1. The highest BCUT2D eigenvalue weighted by Crippen LogP contribution is 2.33. The number of rotatable bonds is 5. The first-order valence-corrected chi connectivity index (χ1v) is 8.07. The third-order valence-corrected chi connectivity index (χ3v) is 4.54. The molecule has 2 heterocycles. The number of benzene rings is 1. The zero-order chi connectivity index (χ0) is 17.1. The first-order chi connectivity index (χ1) is 11.7. The number of nitrogens with one attached hydrogen (secondary N) is 1. The molecule has 1 saturated heterocycles. The normalized spacial score (nSPS) is 21.0. The maximum Gasteiger partial charge on any atom is 0.343 e. The van der Waals surface area contributed by atoms with Gasteiger partial charge in [0.2, 0.25) is 0 Å². The highest BCUT2D eigenvalue weighted by molar-refractivity contribution is 5.32. The summed E-state index contributed by atoms with van der Waals surface area (Å²) in [5, 5.41) is 15.9. The highest BCUT2D eigenvalue weighted by Gasteiger charge is 2.36. The van der Waals surface area contributed by atoms with E-state index in [-0.39, 0.29) is 17.8 Å². The van der Waals surface area contributed by atoms with E-state index in [1.54, 1.807) is 17.7 Å². The van der Waals surface area contributed by atoms with Crippen LogP contribution in [0, 0.1) is 11.3 Å². The molecule has 0 aliphatic carbocycles. The second-order valence-corrected chi connectivity index (χ2v) is 5.98. The lowest BCUT2D eigenvalue weighted by Gasteiger charge is -2.23. The molecule has 0 bridgehead atoms. The Morgan fingerprint density at radius 1 is 1.50 bits per heavy atom. The first kappa shape index (κ1) is 16.4. The van der Waals surface area contributed by atoms with Crippen molar-refractivity contribution >= 4 is 0 Å². The highest BCUT2D eigenvalue weighted by atomic mass is 16.5. The number of likely N-dealkylation sites (tertiary alicyclic amines) is 1. The Labute approximate surface area is 140 Å². The monoisotopic (exact) mass is 327 g/mol.